The number of nitrogens with one attached hydrogen (secondary N) is 2. The van der Waals surface area contributed by atoms with Crippen LogP contribution in [0.4, 0.5) is 10.6 Å². The second-order valence-electron chi connectivity index (χ2n) is 12.4. The van der Waals surface area contributed by atoms with E-state index in [1.54, 1.807) is 6.07 Å². The van der Waals surface area contributed by atoms with Crippen LogP contribution in [0, 0.1) is 0 Å². The normalized spacial score (nSPS) is 19.6. The molecule has 0 aliphatic heterocycles. The van der Waals surface area contributed by atoms with Crippen LogP contribution < -0.4 is 15.4 Å². The number of hydrogen-bond donors (Lipinski definition) is 2. The minimum absolute atomic E-state index is 0.0364. The van der Waals surface area contributed by atoms with Crippen molar-refractivity contribution in [3.63, 3.8) is 0 Å². The van der Waals surface area contributed by atoms with Gasteiger partial charge >= 0.3 is 6.03 Å². The van der Waals surface area contributed by atoms with Gasteiger partial charge < -0.3 is 10.1 Å². The number of ether oxygens (including phenoxy) is 1. The van der Waals surface area contributed by atoms with E-state index < -0.39 is 6.03 Å². The summed E-state index contributed by atoms with van der Waals surface area (Å²) in [6.07, 6.45) is 7.29. The highest BCUT2D eigenvalue weighted by Gasteiger charge is 2.38. The van der Waals surface area contributed by atoms with Crippen molar-refractivity contribution < 1.29 is 14.3 Å². The Morgan fingerprint density at radius 3 is 2.56 bits per heavy atom. The summed E-state index contributed by atoms with van der Waals surface area (Å²) in [5, 5.41) is 14.7. The molecule has 2 aliphatic carbocycles. The van der Waals surface area contributed by atoms with Gasteiger partial charge in [-0.1, -0.05) is 58.4 Å². The number of pyridine rings is 1. The fourth-order valence-corrected chi connectivity index (χ4v) is 5.75. The van der Waals surface area contributed by atoms with Gasteiger partial charge in [-0.2, -0.15) is 0 Å². The molecule has 0 unspecified atom stereocenters. The van der Waals surface area contributed by atoms with E-state index >= 15 is 0 Å². The van der Waals surface area contributed by atoms with E-state index in [9.17, 15) is 9.59 Å². The number of aldehydes is 1. The number of benzene rings is 1. The third-order valence-corrected chi connectivity index (χ3v) is 8.25. The number of anilines is 1. The average molecular weight is 554 g/mol. The summed E-state index contributed by atoms with van der Waals surface area (Å²) < 4.78 is 8.61. The van der Waals surface area contributed by atoms with Crippen molar-refractivity contribution in [1.82, 2.24) is 29.9 Å². The number of fused-ring (bicyclic) bond motifs is 2. The molecule has 0 saturated heterocycles. The van der Waals surface area contributed by atoms with Crippen LogP contribution in [-0.4, -0.2) is 36.9 Å². The van der Waals surface area contributed by atoms with Gasteiger partial charge in [-0.05, 0) is 48.9 Å². The molecule has 4 aromatic rings. The molecule has 1 aromatic carbocycles. The molecule has 0 spiro atoms. The van der Waals surface area contributed by atoms with Gasteiger partial charge in [0.15, 0.2) is 17.8 Å². The smallest absolute Gasteiger partial charge is 0.320 e. The topological polar surface area (TPSA) is 123 Å². The number of urea groups is 1. The maximum Gasteiger partial charge on any atom is 0.320 e. The number of aromatic nitrogens is 5. The van der Waals surface area contributed by atoms with Gasteiger partial charge in [-0.25, -0.2) is 14.8 Å². The van der Waals surface area contributed by atoms with Gasteiger partial charge in [0.05, 0.1) is 17.9 Å². The van der Waals surface area contributed by atoms with E-state index in [1.165, 1.54) is 6.42 Å². The van der Waals surface area contributed by atoms with Crippen molar-refractivity contribution in [2.75, 3.05) is 5.32 Å². The zero-order valence-corrected chi connectivity index (χ0v) is 23.8. The SMILES string of the molecule is CC(C)(C)c1cc(NC(=O)N[C@H]2CC[C@@H](Oc3ccc4nnc(C5(C)CCC5)n4c3)c3ccccc32)nc(C=O)n1. The molecule has 212 valence electrons. The molecule has 2 amide bonds. The number of hydrogen-bond acceptors (Lipinski definition) is 7. The first-order valence-electron chi connectivity index (χ1n) is 14.2. The van der Waals surface area contributed by atoms with Crippen LogP contribution in [0.5, 0.6) is 5.75 Å². The molecule has 2 N–H and O–H groups in total. The highest BCUT2D eigenvalue weighted by molar-refractivity contribution is 5.89. The van der Waals surface area contributed by atoms with Crippen LogP contribution in [0.2, 0.25) is 0 Å². The van der Waals surface area contributed by atoms with Crippen LogP contribution in [-0.2, 0) is 10.8 Å². The van der Waals surface area contributed by atoms with Crippen LogP contribution >= 0.6 is 0 Å². The molecule has 41 heavy (non-hydrogen) atoms. The third kappa shape index (κ3) is 5.26. The van der Waals surface area contributed by atoms with Crippen molar-refractivity contribution in [2.24, 2.45) is 0 Å². The van der Waals surface area contributed by atoms with Crippen molar-refractivity contribution in [2.45, 2.75) is 82.8 Å². The average Bonchev–Trinajstić information content (AvgIpc) is 3.36. The third-order valence-electron chi connectivity index (χ3n) is 8.25. The van der Waals surface area contributed by atoms with Crippen LogP contribution in [0.3, 0.4) is 0 Å². The Kier molecular flexibility index (Phi) is 6.71. The van der Waals surface area contributed by atoms with Gasteiger partial charge in [0.2, 0.25) is 0 Å². The zero-order chi connectivity index (χ0) is 28.8. The van der Waals surface area contributed by atoms with E-state index in [0.29, 0.717) is 18.4 Å². The molecule has 2 atom stereocenters. The Labute approximate surface area is 239 Å². The van der Waals surface area contributed by atoms with E-state index in [1.807, 2.05) is 57.3 Å². The predicted octanol–water partition coefficient (Wildman–Crippen LogP) is 5.85. The summed E-state index contributed by atoms with van der Waals surface area (Å²) in [6, 6.07) is 13.0. The van der Waals surface area contributed by atoms with Crippen LogP contribution in [0.25, 0.3) is 5.65 Å². The zero-order valence-electron chi connectivity index (χ0n) is 23.8. The number of amides is 2. The highest BCUT2D eigenvalue weighted by atomic mass is 16.5. The summed E-state index contributed by atoms with van der Waals surface area (Å²) in [6.45, 7) is 8.21. The van der Waals surface area contributed by atoms with E-state index in [-0.39, 0.29) is 34.6 Å². The summed E-state index contributed by atoms with van der Waals surface area (Å²) in [7, 11) is 0. The fourth-order valence-electron chi connectivity index (χ4n) is 5.75. The Bertz CT molecular complexity index is 1620. The summed E-state index contributed by atoms with van der Waals surface area (Å²) >= 11 is 0. The van der Waals surface area contributed by atoms with Gasteiger partial charge in [0, 0.05) is 16.9 Å². The van der Waals surface area contributed by atoms with E-state index in [2.05, 4.69) is 48.2 Å². The van der Waals surface area contributed by atoms with E-state index in [0.717, 1.165) is 47.6 Å². The number of nitrogens with zero attached hydrogens (tertiary/aromatic N) is 5. The lowest BCUT2D eigenvalue weighted by Crippen LogP contribution is -2.36. The molecule has 1 fully saturated rings. The standard InChI is InChI=1S/C31H35N7O3/c1-30(2,3)24-16-25(34-26(18-39)33-24)35-29(40)32-22-11-12-23(21-9-6-5-8-20(21)22)41-19-10-13-27-36-37-28(38(27)17-19)31(4)14-7-15-31/h5-6,8-10,13,16-18,22-23H,7,11-12,14-15H2,1-4H3,(H2,32,33,34,35,40)/t22-,23+/m0/s1. The summed E-state index contributed by atoms with van der Waals surface area (Å²) in [5.41, 5.74) is 3.30. The number of carbonyl (C=O) groups excluding carboxylic acids is 2. The fraction of sp³-hybridized carbons (Fsp3) is 0.419. The molecule has 3 heterocycles. The van der Waals surface area contributed by atoms with Crippen LogP contribution in [0.1, 0.15) is 105 Å². The number of rotatable bonds is 6. The lowest BCUT2D eigenvalue weighted by molar-refractivity contribution is 0.111. The van der Waals surface area contributed by atoms with Crippen molar-refractivity contribution in [1.29, 1.82) is 0 Å². The predicted molar refractivity (Wildman–Crippen MR) is 154 cm³/mol. The molecular weight excluding hydrogens is 518 g/mol. The van der Waals surface area contributed by atoms with Gasteiger partial charge in [-0.15, -0.1) is 10.2 Å². The molecule has 1 saturated carbocycles. The first-order chi connectivity index (χ1) is 19.6. The maximum atomic E-state index is 13.0. The van der Waals surface area contributed by atoms with E-state index in [4.69, 9.17) is 4.74 Å². The Morgan fingerprint density at radius 1 is 1.07 bits per heavy atom. The molecule has 3 aromatic heterocycles. The number of carbonyl (C=O) groups is 2. The van der Waals surface area contributed by atoms with Crippen LogP contribution in [0.15, 0.2) is 48.7 Å². The minimum Gasteiger partial charge on any atom is -0.484 e. The molecular formula is C31H35N7O3. The molecule has 10 heteroatoms. The van der Waals surface area contributed by atoms with Crippen molar-refractivity contribution in [3.05, 3.63) is 77.1 Å². The highest BCUT2D eigenvalue weighted by Crippen LogP contribution is 2.43. The lowest BCUT2D eigenvalue weighted by Gasteiger charge is -2.36. The Hall–Kier alpha value is -4.34. The maximum absolute atomic E-state index is 13.0. The van der Waals surface area contributed by atoms with Gasteiger partial charge in [0.1, 0.15) is 23.5 Å². The quantitative estimate of drug-likeness (QED) is 0.287. The van der Waals surface area contributed by atoms with Crippen molar-refractivity contribution in [3.8, 4) is 5.75 Å². The first kappa shape index (κ1) is 26.9. The molecule has 10 nitrogen and oxygen atoms in total. The van der Waals surface area contributed by atoms with Crippen molar-refractivity contribution >= 4 is 23.8 Å². The summed E-state index contributed by atoms with van der Waals surface area (Å²) in [4.78, 5) is 32.9. The monoisotopic (exact) mass is 553 g/mol. The summed E-state index contributed by atoms with van der Waals surface area (Å²) in [5.74, 6) is 2.07. The molecule has 0 radical (unpaired) electrons. The largest absolute Gasteiger partial charge is 0.484 e. The second kappa shape index (κ2) is 10.2. The molecule has 2 aliphatic rings. The lowest BCUT2D eigenvalue weighted by atomic mass is 9.70. The van der Waals surface area contributed by atoms with Gasteiger partial charge in [0.25, 0.3) is 0 Å². The Morgan fingerprint density at radius 2 is 1.85 bits per heavy atom. The second-order valence-corrected chi connectivity index (χ2v) is 12.4. The molecule has 0 bridgehead atoms. The minimum atomic E-state index is -0.394. The Balaban J connectivity index is 1.19. The van der Waals surface area contributed by atoms with Gasteiger partial charge in [-0.3, -0.25) is 14.5 Å². The first-order valence-corrected chi connectivity index (χ1v) is 14.2. The molecule has 6 rings (SSSR count).